The van der Waals surface area contributed by atoms with Crippen LogP contribution in [0.3, 0.4) is 0 Å². The first-order valence-corrected chi connectivity index (χ1v) is 7.43. The molecular weight excluding hydrogens is 350 g/mol. The molecule has 0 heterocycles. The molecule has 0 radical (unpaired) electrons. The molecule has 9 heteroatoms. The van der Waals surface area contributed by atoms with Gasteiger partial charge in [0, 0.05) is 31.3 Å². The minimum Gasteiger partial charge on any atom is -0.493 e. The van der Waals surface area contributed by atoms with E-state index in [9.17, 15) is 23.7 Å². The van der Waals surface area contributed by atoms with Gasteiger partial charge in [0.15, 0.2) is 11.5 Å². The van der Waals surface area contributed by atoms with Gasteiger partial charge in [-0.3, -0.25) is 14.9 Å². The summed E-state index contributed by atoms with van der Waals surface area (Å²) < 4.78 is 34.1. The highest BCUT2D eigenvalue weighted by molar-refractivity contribution is 5.94. The van der Waals surface area contributed by atoms with Crippen LogP contribution in [0, 0.1) is 10.1 Å². The molecule has 0 aromatic heterocycles. The zero-order chi connectivity index (χ0) is 19.3. The predicted molar refractivity (Wildman–Crippen MR) is 88.5 cm³/mol. The monoisotopic (exact) mass is 366 g/mol. The van der Waals surface area contributed by atoms with Crippen LogP contribution in [-0.4, -0.2) is 36.5 Å². The van der Waals surface area contributed by atoms with E-state index in [1.165, 1.54) is 48.4 Å². The Labute approximate surface area is 147 Å². The number of carbonyl (C=O) groups excluding carboxylic acids is 1. The molecule has 0 unspecified atom stereocenters. The van der Waals surface area contributed by atoms with Gasteiger partial charge in [-0.1, -0.05) is 6.07 Å². The molecule has 0 spiro atoms. The van der Waals surface area contributed by atoms with Crippen LogP contribution >= 0.6 is 0 Å². The van der Waals surface area contributed by atoms with E-state index >= 15 is 0 Å². The van der Waals surface area contributed by atoms with Gasteiger partial charge in [-0.15, -0.1) is 0 Å². The first-order chi connectivity index (χ1) is 12.3. The lowest BCUT2D eigenvalue weighted by Gasteiger charge is -2.18. The predicted octanol–water partition coefficient (Wildman–Crippen LogP) is 3.48. The third kappa shape index (κ3) is 4.65. The average molecular weight is 366 g/mol. The summed E-state index contributed by atoms with van der Waals surface area (Å²) in [6.45, 7) is -2.79. The van der Waals surface area contributed by atoms with Gasteiger partial charge in [0.1, 0.15) is 0 Å². The lowest BCUT2D eigenvalue weighted by Crippen LogP contribution is -2.26. The Morgan fingerprint density at radius 1 is 1.19 bits per heavy atom. The van der Waals surface area contributed by atoms with E-state index < -0.39 is 11.5 Å². The number of hydrogen-bond donors (Lipinski definition) is 0. The van der Waals surface area contributed by atoms with Gasteiger partial charge in [-0.25, -0.2) is 0 Å². The number of nitrogens with zero attached hydrogens (tertiary/aromatic N) is 2. The molecule has 7 nitrogen and oxygen atoms in total. The minimum absolute atomic E-state index is 0.101. The molecule has 0 aliphatic rings. The van der Waals surface area contributed by atoms with Gasteiger partial charge in [0.05, 0.1) is 12.0 Å². The first kappa shape index (κ1) is 19.1. The number of benzene rings is 2. The van der Waals surface area contributed by atoms with Crippen molar-refractivity contribution in [3.63, 3.8) is 0 Å². The smallest absolute Gasteiger partial charge is 0.387 e. The van der Waals surface area contributed by atoms with Gasteiger partial charge < -0.3 is 14.4 Å². The third-order valence-corrected chi connectivity index (χ3v) is 3.54. The number of alkyl halides is 2. The Kier molecular flexibility index (Phi) is 6.05. The van der Waals surface area contributed by atoms with E-state index in [0.717, 1.165) is 0 Å². The van der Waals surface area contributed by atoms with Gasteiger partial charge in [0.2, 0.25) is 0 Å². The quantitative estimate of drug-likeness (QED) is 0.553. The number of methoxy groups -OCH3 is 1. The molecule has 0 aliphatic heterocycles. The number of nitro benzene ring substituents is 1. The Morgan fingerprint density at radius 3 is 2.38 bits per heavy atom. The molecule has 0 bridgehead atoms. The number of carbonyl (C=O) groups is 1. The van der Waals surface area contributed by atoms with Crippen molar-refractivity contribution in [2.45, 2.75) is 13.2 Å². The van der Waals surface area contributed by atoms with Crippen LogP contribution < -0.4 is 9.47 Å². The van der Waals surface area contributed by atoms with Crippen molar-refractivity contribution in [1.29, 1.82) is 0 Å². The first-order valence-electron chi connectivity index (χ1n) is 7.43. The van der Waals surface area contributed by atoms with Crippen LogP contribution in [0.5, 0.6) is 11.5 Å². The molecule has 0 saturated heterocycles. The normalized spacial score (nSPS) is 10.5. The Bertz CT molecular complexity index is 796. The summed E-state index contributed by atoms with van der Waals surface area (Å²) in [5, 5.41) is 10.7. The lowest BCUT2D eigenvalue weighted by atomic mass is 10.1. The van der Waals surface area contributed by atoms with E-state index in [4.69, 9.17) is 4.74 Å². The summed E-state index contributed by atoms with van der Waals surface area (Å²) in [4.78, 5) is 23.9. The molecule has 2 aromatic carbocycles. The maximum absolute atomic E-state index is 12.4. The number of nitro groups is 1. The third-order valence-electron chi connectivity index (χ3n) is 3.54. The lowest BCUT2D eigenvalue weighted by molar-refractivity contribution is -0.384. The second kappa shape index (κ2) is 8.24. The summed E-state index contributed by atoms with van der Waals surface area (Å²) in [6.07, 6.45) is 0. The van der Waals surface area contributed by atoms with Gasteiger partial charge >= 0.3 is 6.61 Å². The van der Waals surface area contributed by atoms with E-state index in [1.54, 1.807) is 13.1 Å². The number of halogens is 2. The van der Waals surface area contributed by atoms with Gasteiger partial charge in [-0.05, 0) is 29.8 Å². The molecule has 2 rings (SSSR count). The number of hydrogen-bond acceptors (Lipinski definition) is 5. The highest BCUT2D eigenvalue weighted by atomic mass is 19.3. The van der Waals surface area contributed by atoms with Crippen LogP contribution in [-0.2, 0) is 6.54 Å². The average Bonchev–Trinajstić information content (AvgIpc) is 2.61. The number of amides is 1. The number of ether oxygens (including phenoxy) is 2. The summed E-state index contributed by atoms with van der Waals surface area (Å²) in [5.74, 6) is -0.318. The summed E-state index contributed by atoms with van der Waals surface area (Å²) in [5.41, 5.74) is 0.826. The standard InChI is InChI=1S/C17H16F2N2O5/c1-20(16(22)12-4-6-13(7-5-12)21(23)24)10-11-3-8-14(26-17(18)19)15(9-11)25-2/h3-9,17H,10H2,1-2H3. The zero-order valence-corrected chi connectivity index (χ0v) is 14.0. The largest absolute Gasteiger partial charge is 0.493 e. The van der Waals surface area contributed by atoms with Crippen molar-refractivity contribution in [2.24, 2.45) is 0 Å². The topological polar surface area (TPSA) is 81.9 Å². The van der Waals surface area contributed by atoms with E-state index in [-0.39, 0.29) is 29.6 Å². The van der Waals surface area contributed by atoms with Crippen LogP contribution in [0.25, 0.3) is 0 Å². The fraction of sp³-hybridized carbons (Fsp3) is 0.235. The summed E-state index contributed by atoms with van der Waals surface area (Å²) >= 11 is 0. The molecule has 26 heavy (non-hydrogen) atoms. The summed E-state index contributed by atoms with van der Waals surface area (Å²) in [6, 6.07) is 9.62. The molecule has 2 aromatic rings. The molecule has 138 valence electrons. The van der Waals surface area contributed by atoms with Crippen molar-refractivity contribution in [2.75, 3.05) is 14.2 Å². The Balaban J connectivity index is 2.11. The number of non-ortho nitro benzene ring substituents is 1. The van der Waals surface area contributed by atoms with Crippen molar-refractivity contribution in [3.8, 4) is 11.5 Å². The zero-order valence-electron chi connectivity index (χ0n) is 14.0. The fourth-order valence-electron chi connectivity index (χ4n) is 2.30. The van der Waals surface area contributed by atoms with Crippen molar-refractivity contribution in [1.82, 2.24) is 4.90 Å². The van der Waals surface area contributed by atoms with Gasteiger partial charge in [-0.2, -0.15) is 8.78 Å². The molecule has 0 atom stereocenters. The summed E-state index contributed by atoms with van der Waals surface area (Å²) in [7, 11) is 2.88. The van der Waals surface area contributed by atoms with Crippen molar-refractivity contribution < 1.29 is 28.0 Å². The van der Waals surface area contributed by atoms with Crippen LogP contribution in [0.4, 0.5) is 14.5 Å². The molecule has 0 aliphatic carbocycles. The highest BCUT2D eigenvalue weighted by Gasteiger charge is 2.16. The van der Waals surface area contributed by atoms with E-state index in [2.05, 4.69) is 4.74 Å². The van der Waals surface area contributed by atoms with E-state index in [0.29, 0.717) is 11.1 Å². The molecule has 0 N–H and O–H groups in total. The molecule has 0 fully saturated rings. The Hall–Kier alpha value is -3.23. The van der Waals surface area contributed by atoms with Crippen LogP contribution in [0.2, 0.25) is 0 Å². The SMILES string of the molecule is COc1cc(CN(C)C(=O)c2ccc([N+](=O)[O-])cc2)ccc1OC(F)F. The maximum Gasteiger partial charge on any atom is 0.387 e. The Morgan fingerprint density at radius 2 is 1.85 bits per heavy atom. The van der Waals surface area contributed by atoms with Crippen molar-refractivity contribution >= 4 is 11.6 Å². The fourth-order valence-corrected chi connectivity index (χ4v) is 2.30. The maximum atomic E-state index is 12.4. The van der Waals surface area contributed by atoms with Crippen LogP contribution in [0.1, 0.15) is 15.9 Å². The minimum atomic E-state index is -2.97. The van der Waals surface area contributed by atoms with Gasteiger partial charge in [0.25, 0.3) is 11.6 Å². The second-order valence-corrected chi connectivity index (χ2v) is 5.33. The van der Waals surface area contributed by atoms with Crippen LogP contribution in [0.15, 0.2) is 42.5 Å². The second-order valence-electron chi connectivity index (χ2n) is 5.33. The molecular formula is C17H16F2N2O5. The van der Waals surface area contributed by atoms with Crippen molar-refractivity contribution in [3.05, 3.63) is 63.7 Å². The highest BCUT2D eigenvalue weighted by Crippen LogP contribution is 2.30. The molecule has 1 amide bonds. The number of rotatable bonds is 7. The molecule has 0 saturated carbocycles. The van der Waals surface area contributed by atoms with E-state index in [1.807, 2.05) is 0 Å².